The Hall–Kier alpha value is -3.45. The van der Waals surface area contributed by atoms with Crippen molar-refractivity contribution < 1.29 is 42.1 Å². The van der Waals surface area contributed by atoms with Gasteiger partial charge in [-0.15, -0.1) is 0 Å². The second kappa shape index (κ2) is 10.9. The molecule has 3 heterocycles. The Morgan fingerprint density at radius 2 is 1.86 bits per heavy atom. The highest BCUT2D eigenvalue weighted by Crippen LogP contribution is 2.40. The van der Waals surface area contributed by atoms with Crippen LogP contribution in [-0.4, -0.2) is 76.4 Å². The van der Waals surface area contributed by atoms with Gasteiger partial charge in [0, 0.05) is 51.1 Å². The minimum atomic E-state index is -5.08. The summed E-state index contributed by atoms with van der Waals surface area (Å²) >= 11 is 0. The molecule has 1 atom stereocenters. The lowest BCUT2D eigenvalue weighted by atomic mass is 9.88. The summed E-state index contributed by atoms with van der Waals surface area (Å²) in [6, 6.07) is 9.34. The van der Waals surface area contributed by atoms with Crippen molar-refractivity contribution in [1.82, 2.24) is 14.5 Å². The molecule has 4 rings (SSSR count). The number of likely N-dealkylation sites (tertiary alicyclic amines) is 1. The molecule has 0 aliphatic carbocycles. The average molecular weight is 498 g/mol. The van der Waals surface area contributed by atoms with Gasteiger partial charge in [-0.1, -0.05) is 18.2 Å². The number of carboxylic acid groups (broad SMARTS) is 1. The summed E-state index contributed by atoms with van der Waals surface area (Å²) in [6.07, 6.45) is -0.905. The fraction of sp³-hybridized carbons (Fsp3) is 0.455. The summed E-state index contributed by atoms with van der Waals surface area (Å²) in [7, 11) is 1.51. The maximum atomic E-state index is 12.8. The van der Waals surface area contributed by atoms with E-state index in [1.165, 1.54) is 7.11 Å². The van der Waals surface area contributed by atoms with Crippen molar-refractivity contribution in [2.75, 3.05) is 32.1 Å². The van der Waals surface area contributed by atoms with Gasteiger partial charge in [0.2, 0.25) is 5.91 Å². The predicted molar refractivity (Wildman–Crippen MR) is 115 cm³/mol. The van der Waals surface area contributed by atoms with E-state index in [0.29, 0.717) is 32.5 Å². The highest BCUT2D eigenvalue weighted by atomic mass is 19.4. The fourth-order valence-corrected chi connectivity index (χ4v) is 3.95. The van der Waals surface area contributed by atoms with Crippen molar-refractivity contribution in [2.45, 2.75) is 37.3 Å². The zero-order valence-corrected chi connectivity index (χ0v) is 18.8. The van der Waals surface area contributed by atoms with E-state index in [4.69, 9.17) is 19.4 Å². The molecule has 1 aromatic heterocycles. The minimum absolute atomic E-state index is 0.0325. The first-order valence-electron chi connectivity index (χ1n) is 10.7. The zero-order chi connectivity index (χ0) is 25.6. The number of hydrogen-bond acceptors (Lipinski definition) is 6. The molecular formula is C22H25F3N4O6. The number of alkyl halides is 3. The lowest BCUT2D eigenvalue weighted by Crippen LogP contribution is -2.54. The summed E-state index contributed by atoms with van der Waals surface area (Å²) in [4.78, 5) is 40.1. The Labute approximate surface area is 198 Å². The summed E-state index contributed by atoms with van der Waals surface area (Å²) in [5.41, 5.74) is 0.0752. The quantitative estimate of drug-likeness (QED) is 0.661. The molecule has 1 spiro atoms. The number of piperidine rings is 1. The van der Waals surface area contributed by atoms with E-state index >= 15 is 0 Å². The van der Waals surface area contributed by atoms with Gasteiger partial charge in [0.15, 0.2) is 6.10 Å². The standard InChI is InChI=1S/C20H24N4O4.C2HF3O2/c1-27-14-17(25)23-10-7-20(8-11-23)19-21-9-12-24(19)13-16(28-20)18(26)22-15-5-3-2-4-6-15;3-2(4,5)1(6)7/h2-6,9,12,16H,7-8,10-11,13-14H2,1H3,(H,22,26);(H,6,7). The Bertz CT molecular complexity index is 1040. The van der Waals surface area contributed by atoms with Gasteiger partial charge < -0.3 is 29.4 Å². The van der Waals surface area contributed by atoms with Crippen LogP contribution in [0.1, 0.15) is 18.7 Å². The molecule has 35 heavy (non-hydrogen) atoms. The molecule has 0 radical (unpaired) electrons. The van der Waals surface area contributed by atoms with Crippen LogP contribution in [0.4, 0.5) is 18.9 Å². The van der Waals surface area contributed by atoms with Crippen LogP contribution in [0.15, 0.2) is 42.7 Å². The van der Waals surface area contributed by atoms with Crippen molar-refractivity contribution >= 4 is 23.5 Å². The monoisotopic (exact) mass is 498 g/mol. The molecule has 1 fully saturated rings. The summed E-state index contributed by atoms with van der Waals surface area (Å²) in [6.45, 7) is 1.58. The molecule has 0 bridgehead atoms. The normalized spacial score (nSPS) is 18.7. The number of hydrogen-bond donors (Lipinski definition) is 2. The highest BCUT2D eigenvalue weighted by Gasteiger charge is 2.47. The number of carbonyl (C=O) groups is 3. The van der Waals surface area contributed by atoms with Crippen molar-refractivity contribution in [3.63, 3.8) is 0 Å². The topological polar surface area (TPSA) is 123 Å². The van der Waals surface area contributed by atoms with Crippen molar-refractivity contribution in [3.05, 3.63) is 48.5 Å². The van der Waals surface area contributed by atoms with E-state index in [1.54, 1.807) is 11.1 Å². The third-order valence-electron chi connectivity index (χ3n) is 5.62. The number of ether oxygens (including phenoxy) is 2. The third-order valence-corrected chi connectivity index (χ3v) is 5.62. The van der Waals surface area contributed by atoms with Crippen LogP contribution in [0.3, 0.4) is 0 Å². The molecule has 2 amide bonds. The lowest BCUT2D eigenvalue weighted by molar-refractivity contribution is -0.192. The highest BCUT2D eigenvalue weighted by molar-refractivity contribution is 5.94. The Balaban J connectivity index is 0.000000429. The molecule has 1 unspecified atom stereocenters. The number of amides is 2. The third kappa shape index (κ3) is 6.36. The van der Waals surface area contributed by atoms with Gasteiger partial charge in [0.05, 0.1) is 6.54 Å². The summed E-state index contributed by atoms with van der Waals surface area (Å²) < 4.78 is 45.0. The molecule has 0 saturated carbocycles. The molecular weight excluding hydrogens is 473 g/mol. The molecule has 2 aliphatic heterocycles. The number of carboxylic acids is 1. The van der Waals surface area contributed by atoms with Crippen LogP contribution in [0.5, 0.6) is 0 Å². The molecule has 10 nitrogen and oxygen atoms in total. The second-order valence-corrected chi connectivity index (χ2v) is 7.98. The number of imidazole rings is 1. The molecule has 2 aliphatic rings. The number of anilines is 1. The molecule has 190 valence electrons. The number of fused-ring (bicyclic) bond motifs is 2. The number of aromatic nitrogens is 2. The molecule has 2 aromatic rings. The van der Waals surface area contributed by atoms with Gasteiger partial charge in [-0.2, -0.15) is 13.2 Å². The SMILES string of the molecule is COCC(=O)N1CCC2(CC1)OC(C(=O)Nc1ccccc1)Cn1ccnc12.O=C(O)C(F)(F)F. The first-order valence-corrected chi connectivity index (χ1v) is 10.7. The van der Waals surface area contributed by atoms with Crippen LogP contribution >= 0.6 is 0 Å². The first kappa shape index (κ1) is 26.2. The number of carbonyl (C=O) groups excluding carboxylic acids is 2. The predicted octanol–water partition coefficient (Wildman–Crippen LogP) is 2.02. The van der Waals surface area contributed by atoms with Crippen LogP contribution in [0.2, 0.25) is 0 Å². The van der Waals surface area contributed by atoms with Gasteiger partial charge in [0.1, 0.15) is 18.0 Å². The molecule has 1 saturated heterocycles. The second-order valence-electron chi connectivity index (χ2n) is 7.98. The van der Waals surface area contributed by atoms with E-state index in [-0.39, 0.29) is 18.4 Å². The van der Waals surface area contributed by atoms with E-state index in [1.807, 2.05) is 41.1 Å². The fourth-order valence-electron chi connectivity index (χ4n) is 3.95. The van der Waals surface area contributed by atoms with Gasteiger partial charge in [-0.3, -0.25) is 9.59 Å². The molecule has 13 heteroatoms. The zero-order valence-electron chi connectivity index (χ0n) is 18.8. The smallest absolute Gasteiger partial charge is 0.475 e. The first-order chi connectivity index (χ1) is 16.6. The van der Waals surface area contributed by atoms with Crippen LogP contribution in [0.25, 0.3) is 0 Å². The number of nitrogens with zero attached hydrogens (tertiary/aromatic N) is 3. The lowest BCUT2D eigenvalue weighted by Gasteiger charge is -2.45. The van der Waals surface area contributed by atoms with Crippen LogP contribution < -0.4 is 5.32 Å². The Morgan fingerprint density at radius 3 is 2.43 bits per heavy atom. The molecule has 1 aromatic carbocycles. The van der Waals surface area contributed by atoms with E-state index in [0.717, 1.165) is 11.5 Å². The number of aliphatic carboxylic acids is 1. The number of benzene rings is 1. The number of methoxy groups -OCH3 is 1. The number of para-hydroxylation sites is 1. The number of halogens is 3. The van der Waals surface area contributed by atoms with Gasteiger partial charge in [-0.05, 0) is 12.1 Å². The van der Waals surface area contributed by atoms with Crippen LogP contribution in [-0.2, 0) is 36.0 Å². The summed E-state index contributed by atoms with van der Waals surface area (Å²) in [5.74, 6) is -2.14. The van der Waals surface area contributed by atoms with Crippen LogP contribution in [0, 0.1) is 0 Å². The van der Waals surface area contributed by atoms with Gasteiger partial charge in [0.25, 0.3) is 5.91 Å². The van der Waals surface area contributed by atoms with Crippen molar-refractivity contribution in [2.24, 2.45) is 0 Å². The largest absolute Gasteiger partial charge is 0.490 e. The molecule has 2 N–H and O–H groups in total. The van der Waals surface area contributed by atoms with E-state index < -0.39 is 23.9 Å². The number of nitrogens with one attached hydrogen (secondary N) is 1. The van der Waals surface area contributed by atoms with Crippen molar-refractivity contribution in [3.8, 4) is 0 Å². The van der Waals surface area contributed by atoms with E-state index in [2.05, 4.69) is 10.3 Å². The van der Waals surface area contributed by atoms with Gasteiger partial charge in [-0.25, -0.2) is 9.78 Å². The van der Waals surface area contributed by atoms with E-state index in [9.17, 15) is 22.8 Å². The maximum Gasteiger partial charge on any atom is 0.490 e. The van der Waals surface area contributed by atoms with Gasteiger partial charge >= 0.3 is 12.1 Å². The maximum absolute atomic E-state index is 12.8. The Kier molecular flexibility index (Phi) is 8.12. The van der Waals surface area contributed by atoms with Crippen molar-refractivity contribution in [1.29, 1.82) is 0 Å². The minimum Gasteiger partial charge on any atom is -0.475 e. The average Bonchev–Trinajstić information content (AvgIpc) is 3.30. The Morgan fingerprint density at radius 1 is 1.23 bits per heavy atom. The number of rotatable bonds is 4. The summed E-state index contributed by atoms with van der Waals surface area (Å²) in [5, 5.41) is 10.0.